The fourth-order valence-electron chi connectivity index (χ4n) is 4.59. The Morgan fingerprint density at radius 3 is 2.40 bits per heavy atom. The summed E-state index contributed by atoms with van der Waals surface area (Å²) in [5.41, 5.74) is -1.29. The number of alkyl carbamates (subject to hydrolysis) is 1. The normalized spacial score (nSPS) is 14.3. The molecule has 3 aromatic rings. The highest BCUT2D eigenvalue weighted by Crippen LogP contribution is 2.39. The molecule has 0 unspecified atom stereocenters. The van der Waals surface area contributed by atoms with Crippen molar-refractivity contribution in [1.82, 2.24) is 24.8 Å². The maximum absolute atomic E-state index is 14.4. The number of imidazole rings is 1. The lowest BCUT2D eigenvalue weighted by Crippen LogP contribution is -2.45. The lowest BCUT2D eigenvalue weighted by Gasteiger charge is -2.31. The van der Waals surface area contributed by atoms with Crippen molar-refractivity contribution in [3.8, 4) is 11.3 Å². The zero-order chi connectivity index (χ0) is 31.9. The third kappa shape index (κ3) is 7.53. The van der Waals surface area contributed by atoms with E-state index < -0.39 is 65.9 Å². The molecule has 0 saturated carbocycles. The number of benzene rings is 1. The van der Waals surface area contributed by atoms with Gasteiger partial charge in [0.05, 0.1) is 23.0 Å². The molecule has 0 fully saturated rings. The number of aromatic nitrogens is 3. The molecular weight excluding hydrogens is 627 g/mol. The SMILES string of the molecule is CC(C)(C)OC(=O)N[C@@H](CC(=O)N1CCn2c(C(F)(F)F)nc(-c3ccnc(Cl)c3Cl)c2C1)Cc1cc(F)c(F)cc1F. The Kier molecular flexibility index (Phi) is 9.21. The van der Waals surface area contributed by atoms with Crippen LogP contribution in [0, 0.1) is 17.5 Å². The number of carbonyl (C=O) groups excluding carboxylic acids is 2. The van der Waals surface area contributed by atoms with Crippen molar-refractivity contribution in [2.75, 3.05) is 6.54 Å². The van der Waals surface area contributed by atoms with E-state index in [1.54, 1.807) is 20.8 Å². The summed E-state index contributed by atoms with van der Waals surface area (Å²) in [4.78, 5) is 34.8. The van der Waals surface area contributed by atoms with E-state index in [2.05, 4.69) is 15.3 Å². The van der Waals surface area contributed by atoms with Crippen LogP contribution in [-0.2, 0) is 35.2 Å². The van der Waals surface area contributed by atoms with Crippen LogP contribution < -0.4 is 5.32 Å². The van der Waals surface area contributed by atoms with E-state index in [4.69, 9.17) is 27.9 Å². The van der Waals surface area contributed by atoms with E-state index in [0.29, 0.717) is 12.1 Å². The molecule has 2 aromatic heterocycles. The lowest BCUT2D eigenvalue weighted by molar-refractivity contribution is -0.148. The topological polar surface area (TPSA) is 89.4 Å². The van der Waals surface area contributed by atoms with Gasteiger partial charge in [-0.25, -0.2) is 27.9 Å². The molecule has 1 atom stereocenters. The summed E-state index contributed by atoms with van der Waals surface area (Å²) in [6.07, 6.45) is -5.42. The van der Waals surface area contributed by atoms with Crippen molar-refractivity contribution >= 4 is 35.2 Å². The highest BCUT2D eigenvalue weighted by Gasteiger charge is 2.41. The van der Waals surface area contributed by atoms with Crippen LogP contribution in [0.4, 0.5) is 31.1 Å². The Morgan fingerprint density at radius 2 is 1.74 bits per heavy atom. The van der Waals surface area contributed by atoms with E-state index in [-0.39, 0.29) is 52.3 Å². The van der Waals surface area contributed by atoms with Gasteiger partial charge in [-0.05, 0) is 44.9 Å². The number of pyridine rings is 1. The summed E-state index contributed by atoms with van der Waals surface area (Å²) < 4.78 is 89.6. The minimum Gasteiger partial charge on any atom is -0.444 e. The monoisotopic (exact) mass is 651 g/mol. The van der Waals surface area contributed by atoms with Gasteiger partial charge in [-0.15, -0.1) is 0 Å². The molecule has 0 spiro atoms. The molecule has 4 rings (SSSR count). The average Bonchev–Trinajstić information content (AvgIpc) is 3.27. The molecule has 0 bridgehead atoms. The van der Waals surface area contributed by atoms with Gasteiger partial charge in [-0.1, -0.05) is 23.2 Å². The zero-order valence-electron chi connectivity index (χ0n) is 23.0. The van der Waals surface area contributed by atoms with Gasteiger partial charge in [0.2, 0.25) is 11.7 Å². The summed E-state index contributed by atoms with van der Waals surface area (Å²) in [5, 5.41) is 2.17. The van der Waals surface area contributed by atoms with Gasteiger partial charge >= 0.3 is 12.3 Å². The number of carbonyl (C=O) groups is 2. The molecule has 0 aliphatic carbocycles. The molecule has 2 amide bonds. The maximum atomic E-state index is 14.4. The van der Waals surface area contributed by atoms with Crippen LogP contribution in [-0.4, -0.2) is 49.6 Å². The van der Waals surface area contributed by atoms with Crippen molar-refractivity contribution in [3.63, 3.8) is 0 Å². The second kappa shape index (κ2) is 12.2. The first-order valence-electron chi connectivity index (χ1n) is 12.8. The molecule has 16 heteroatoms. The number of ether oxygens (including phenoxy) is 1. The Bertz CT molecular complexity index is 1560. The molecule has 1 aromatic carbocycles. The number of alkyl halides is 3. The summed E-state index contributed by atoms with van der Waals surface area (Å²) in [7, 11) is 0. The number of nitrogens with zero attached hydrogens (tertiary/aromatic N) is 4. The first-order valence-corrected chi connectivity index (χ1v) is 13.6. The third-order valence-electron chi connectivity index (χ3n) is 6.41. The second-order valence-electron chi connectivity index (χ2n) is 10.8. The van der Waals surface area contributed by atoms with E-state index in [0.717, 1.165) is 4.57 Å². The van der Waals surface area contributed by atoms with E-state index >= 15 is 0 Å². The van der Waals surface area contributed by atoms with Crippen molar-refractivity contribution in [1.29, 1.82) is 0 Å². The van der Waals surface area contributed by atoms with Gasteiger partial charge in [-0.3, -0.25) is 4.79 Å². The number of nitrogens with one attached hydrogen (secondary N) is 1. The molecule has 232 valence electrons. The molecule has 0 radical (unpaired) electrons. The van der Waals surface area contributed by atoms with Gasteiger partial charge in [0.25, 0.3) is 0 Å². The van der Waals surface area contributed by atoms with Crippen LogP contribution in [0.25, 0.3) is 11.3 Å². The molecule has 43 heavy (non-hydrogen) atoms. The van der Waals surface area contributed by atoms with Gasteiger partial charge < -0.3 is 19.5 Å². The smallest absolute Gasteiger partial charge is 0.444 e. The Balaban J connectivity index is 1.63. The lowest BCUT2D eigenvalue weighted by atomic mass is 10.0. The average molecular weight is 652 g/mol. The fourth-order valence-corrected chi connectivity index (χ4v) is 4.95. The van der Waals surface area contributed by atoms with Gasteiger partial charge in [0, 0.05) is 43.4 Å². The first kappa shape index (κ1) is 32.4. The summed E-state index contributed by atoms with van der Waals surface area (Å²) in [6.45, 7) is 4.01. The van der Waals surface area contributed by atoms with Crippen molar-refractivity contribution in [3.05, 3.63) is 69.1 Å². The van der Waals surface area contributed by atoms with E-state index in [1.807, 2.05) is 0 Å². The quantitative estimate of drug-likeness (QED) is 0.185. The fraction of sp³-hybridized carbons (Fsp3) is 0.407. The molecule has 1 N–H and O–H groups in total. The zero-order valence-corrected chi connectivity index (χ0v) is 24.5. The van der Waals surface area contributed by atoms with Gasteiger partial charge in [0.1, 0.15) is 16.6 Å². The summed E-state index contributed by atoms with van der Waals surface area (Å²) in [6, 6.07) is 1.15. The predicted molar refractivity (Wildman–Crippen MR) is 144 cm³/mol. The van der Waals surface area contributed by atoms with Gasteiger partial charge in [-0.2, -0.15) is 13.2 Å². The second-order valence-corrected chi connectivity index (χ2v) is 11.5. The Morgan fingerprint density at radius 1 is 1.07 bits per heavy atom. The van der Waals surface area contributed by atoms with Crippen molar-refractivity contribution in [2.24, 2.45) is 0 Å². The minimum atomic E-state index is -4.82. The molecule has 8 nitrogen and oxygen atoms in total. The van der Waals surface area contributed by atoms with Crippen LogP contribution in [0.15, 0.2) is 24.4 Å². The van der Waals surface area contributed by atoms with Gasteiger partial charge in [0.15, 0.2) is 11.6 Å². The molecule has 3 heterocycles. The number of rotatable bonds is 6. The molecule has 0 saturated heterocycles. The third-order valence-corrected chi connectivity index (χ3v) is 7.18. The summed E-state index contributed by atoms with van der Waals surface area (Å²) in [5.74, 6) is -5.65. The number of amides is 2. The predicted octanol–water partition coefficient (Wildman–Crippen LogP) is 6.56. The first-order chi connectivity index (χ1) is 19.9. The largest absolute Gasteiger partial charge is 0.449 e. The number of halogens is 8. The van der Waals surface area contributed by atoms with Crippen LogP contribution in [0.2, 0.25) is 10.2 Å². The summed E-state index contributed by atoms with van der Waals surface area (Å²) >= 11 is 12.2. The Labute approximate surface area is 251 Å². The Hall–Kier alpha value is -3.52. The van der Waals surface area contributed by atoms with Crippen LogP contribution in [0.1, 0.15) is 44.3 Å². The van der Waals surface area contributed by atoms with Crippen LogP contribution in [0.5, 0.6) is 0 Å². The van der Waals surface area contributed by atoms with E-state index in [9.17, 15) is 35.9 Å². The minimum absolute atomic E-state index is 0.0272. The molecule has 1 aliphatic rings. The van der Waals surface area contributed by atoms with Crippen LogP contribution in [0.3, 0.4) is 0 Å². The maximum Gasteiger partial charge on any atom is 0.449 e. The van der Waals surface area contributed by atoms with Crippen LogP contribution >= 0.6 is 23.2 Å². The highest BCUT2D eigenvalue weighted by molar-refractivity contribution is 6.42. The number of hydrogen-bond donors (Lipinski definition) is 1. The van der Waals surface area contributed by atoms with Crippen molar-refractivity contribution in [2.45, 2.75) is 64.5 Å². The highest BCUT2D eigenvalue weighted by atomic mass is 35.5. The molecular formula is C27H25Cl2F6N5O3. The molecule has 1 aliphatic heterocycles. The van der Waals surface area contributed by atoms with Crippen molar-refractivity contribution < 1.29 is 40.7 Å². The van der Waals surface area contributed by atoms with E-state index in [1.165, 1.54) is 17.2 Å². The standard InChI is InChI=1S/C27H25Cl2F6N5O3/c1-26(2,3)43-25(42)37-14(8-13-9-17(31)18(32)11-16(13)30)10-20(41)39-6-7-40-19(12-39)22(38-24(40)27(33,34)35)15-4-5-36-23(29)21(15)28/h4-5,9,11,14H,6-8,10,12H2,1-3H3,(H,37,42)/t14-/m1/s1. The number of hydrogen-bond acceptors (Lipinski definition) is 5. The number of fused-ring (bicyclic) bond motifs is 1.